The number of rotatable bonds is 6. The molecule has 1 saturated heterocycles. The number of anilines is 1. The van der Waals surface area contributed by atoms with Gasteiger partial charge in [-0.25, -0.2) is 0 Å². The van der Waals surface area contributed by atoms with Crippen LogP contribution < -0.4 is 15.0 Å². The molecule has 6 nitrogen and oxygen atoms in total. The molecule has 29 heavy (non-hydrogen) atoms. The van der Waals surface area contributed by atoms with Gasteiger partial charge in [-0.2, -0.15) is 0 Å². The van der Waals surface area contributed by atoms with Crippen molar-refractivity contribution in [3.8, 4) is 5.75 Å². The van der Waals surface area contributed by atoms with Crippen LogP contribution in [0.2, 0.25) is 0 Å². The molecule has 2 aliphatic rings. The molecule has 1 aliphatic heterocycles. The van der Waals surface area contributed by atoms with Crippen LogP contribution in [0.3, 0.4) is 0 Å². The predicted octanol–water partition coefficient (Wildman–Crippen LogP) is 3.11. The highest BCUT2D eigenvalue weighted by Crippen LogP contribution is 2.51. The van der Waals surface area contributed by atoms with Crippen LogP contribution >= 0.6 is 0 Å². The minimum atomic E-state index is -0.548. The first-order valence-electron chi connectivity index (χ1n) is 10.3. The topological polar surface area (TPSA) is 71.5 Å². The lowest BCUT2D eigenvalue weighted by Gasteiger charge is -2.56. The highest BCUT2D eigenvalue weighted by molar-refractivity contribution is 6.14. The summed E-state index contributed by atoms with van der Waals surface area (Å²) in [5.74, 6) is 0.732. The van der Waals surface area contributed by atoms with E-state index in [2.05, 4.69) is 10.3 Å². The zero-order valence-corrected chi connectivity index (χ0v) is 16.8. The van der Waals surface area contributed by atoms with E-state index in [0.717, 1.165) is 49.2 Å². The van der Waals surface area contributed by atoms with Crippen molar-refractivity contribution in [2.45, 2.75) is 44.6 Å². The molecule has 1 atom stereocenters. The average molecular weight is 393 g/mol. The van der Waals surface area contributed by atoms with Gasteiger partial charge in [0.15, 0.2) is 0 Å². The number of hydrogen-bond donors (Lipinski definition) is 1. The molecule has 1 aliphatic carbocycles. The number of nitrogens with zero attached hydrogens (tertiary/aromatic N) is 2. The van der Waals surface area contributed by atoms with Gasteiger partial charge < -0.3 is 10.1 Å². The van der Waals surface area contributed by atoms with Gasteiger partial charge in [0.2, 0.25) is 11.8 Å². The normalized spacial score (nSPS) is 20.2. The van der Waals surface area contributed by atoms with Crippen LogP contribution in [0.1, 0.15) is 37.8 Å². The number of ether oxygens (including phenoxy) is 1. The average Bonchev–Trinajstić information content (AvgIpc) is 2.78. The first-order valence-corrected chi connectivity index (χ1v) is 10.3. The molecule has 2 heterocycles. The van der Waals surface area contributed by atoms with Gasteiger partial charge in [0.05, 0.1) is 12.5 Å². The quantitative estimate of drug-likeness (QED) is 0.766. The summed E-state index contributed by atoms with van der Waals surface area (Å²) in [6.07, 6.45) is 7.13. The van der Waals surface area contributed by atoms with Gasteiger partial charge in [0, 0.05) is 30.5 Å². The molecule has 2 fully saturated rings. The Morgan fingerprint density at radius 1 is 1.17 bits per heavy atom. The summed E-state index contributed by atoms with van der Waals surface area (Å²) in [6, 6.07) is 12.7. The second kappa shape index (κ2) is 8.23. The van der Waals surface area contributed by atoms with E-state index in [0.29, 0.717) is 13.0 Å². The smallest absolute Gasteiger partial charge is 0.244 e. The lowest BCUT2D eigenvalue weighted by atomic mass is 9.61. The van der Waals surface area contributed by atoms with E-state index in [9.17, 15) is 9.59 Å². The number of aromatic nitrogens is 1. The van der Waals surface area contributed by atoms with E-state index in [1.807, 2.05) is 42.5 Å². The van der Waals surface area contributed by atoms with E-state index in [1.165, 1.54) is 0 Å². The SMILES string of the molecule is COc1ccc(N2C(=O)C3(CCCCC3)C2C(=O)NCCc2ccccn2)cc1. The maximum absolute atomic E-state index is 13.2. The molecule has 1 N–H and O–H groups in total. The Morgan fingerprint density at radius 2 is 1.93 bits per heavy atom. The van der Waals surface area contributed by atoms with Gasteiger partial charge in [-0.1, -0.05) is 25.3 Å². The number of amides is 2. The molecule has 1 spiro atoms. The lowest BCUT2D eigenvalue weighted by molar-refractivity contribution is -0.150. The molecule has 1 aromatic heterocycles. The van der Waals surface area contributed by atoms with E-state index < -0.39 is 11.5 Å². The number of carbonyl (C=O) groups excluding carboxylic acids is 2. The highest BCUT2D eigenvalue weighted by atomic mass is 16.5. The van der Waals surface area contributed by atoms with E-state index in [1.54, 1.807) is 18.2 Å². The maximum atomic E-state index is 13.2. The van der Waals surface area contributed by atoms with Crippen molar-refractivity contribution in [1.82, 2.24) is 10.3 Å². The van der Waals surface area contributed by atoms with Crippen molar-refractivity contribution in [2.75, 3.05) is 18.6 Å². The van der Waals surface area contributed by atoms with Crippen LogP contribution in [0.15, 0.2) is 48.7 Å². The Bertz CT molecular complexity index is 861. The number of methoxy groups -OCH3 is 1. The fourth-order valence-corrected chi connectivity index (χ4v) is 4.66. The van der Waals surface area contributed by atoms with Crippen LogP contribution in [0.5, 0.6) is 5.75 Å². The third-order valence-electron chi connectivity index (χ3n) is 6.18. The summed E-state index contributed by atoms with van der Waals surface area (Å²) >= 11 is 0. The minimum absolute atomic E-state index is 0.0711. The Kier molecular flexibility index (Phi) is 5.51. The van der Waals surface area contributed by atoms with E-state index >= 15 is 0 Å². The van der Waals surface area contributed by atoms with Gasteiger partial charge in [0.1, 0.15) is 11.8 Å². The Labute approximate surface area is 171 Å². The summed E-state index contributed by atoms with van der Waals surface area (Å²) in [5, 5.41) is 3.05. The first kappa shape index (κ1) is 19.4. The van der Waals surface area contributed by atoms with Crippen molar-refractivity contribution in [3.63, 3.8) is 0 Å². The molecule has 1 aromatic carbocycles. The summed E-state index contributed by atoms with van der Waals surface area (Å²) in [7, 11) is 1.61. The maximum Gasteiger partial charge on any atom is 0.244 e. The van der Waals surface area contributed by atoms with Crippen LogP contribution in [0, 0.1) is 5.41 Å². The van der Waals surface area contributed by atoms with Crippen molar-refractivity contribution >= 4 is 17.5 Å². The molecule has 152 valence electrons. The Balaban J connectivity index is 1.51. The molecule has 1 unspecified atom stereocenters. The molecule has 0 bridgehead atoms. The number of β-lactam (4-membered cyclic amide) rings is 1. The molecule has 1 saturated carbocycles. The third kappa shape index (κ3) is 3.59. The van der Waals surface area contributed by atoms with Gasteiger partial charge in [0.25, 0.3) is 0 Å². The molecule has 4 rings (SSSR count). The molecule has 6 heteroatoms. The number of hydrogen-bond acceptors (Lipinski definition) is 4. The van der Waals surface area contributed by atoms with Crippen LogP contribution in [-0.2, 0) is 16.0 Å². The largest absolute Gasteiger partial charge is 0.497 e. The van der Waals surface area contributed by atoms with Crippen LogP contribution in [0.25, 0.3) is 0 Å². The second-order valence-corrected chi connectivity index (χ2v) is 7.85. The number of benzene rings is 1. The highest BCUT2D eigenvalue weighted by Gasteiger charge is 2.63. The molecule has 0 radical (unpaired) electrons. The zero-order chi connectivity index (χ0) is 20.3. The minimum Gasteiger partial charge on any atom is -0.497 e. The summed E-state index contributed by atoms with van der Waals surface area (Å²) in [4.78, 5) is 32.4. The second-order valence-electron chi connectivity index (χ2n) is 7.85. The fourth-order valence-electron chi connectivity index (χ4n) is 4.66. The van der Waals surface area contributed by atoms with Crippen molar-refractivity contribution in [3.05, 3.63) is 54.4 Å². The lowest BCUT2D eigenvalue weighted by Crippen LogP contribution is -2.74. The first-order chi connectivity index (χ1) is 14.2. The van der Waals surface area contributed by atoms with Crippen molar-refractivity contribution in [1.29, 1.82) is 0 Å². The number of nitrogens with one attached hydrogen (secondary N) is 1. The van der Waals surface area contributed by atoms with Gasteiger partial charge in [-0.05, 0) is 49.2 Å². The van der Waals surface area contributed by atoms with Crippen molar-refractivity contribution in [2.24, 2.45) is 5.41 Å². The van der Waals surface area contributed by atoms with Crippen LogP contribution in [-0.4, -0.2) is 36.5 Å². The predicted molar refractivity (Wildman–Crippen MR) is 111 cm³/mol. The standard InChI is InChI=1S/C23H27N3O3/c1-29-19-10-8-18(9-11-19)26-20(23(22(26)28)13-4-2-5-14-23)21(27)25-16-12-17-7-3-6-15-24-17/h3,6-11,15,20H,2,4-5,12-14,16H2,1H3,(H,25,27). The Morgan fingerprint density at radius 3 is 2.59 bits per heavy atom. The monoisotopic (exact) mass is 393 g/mol. The number of pyridine rings is 1. The van der Waals surface area contributed by atoms with Gasteiger partial charge >= 0.3 is 0 Å². The molecule has 2 aromatic rings. The summed E-state index contributed by atoms with van der Waals surface area (Å²) in [5.41, 5.74) is 1.14. The van der Waals surface area contributed by atoms with Gasteiger partial charge in [-0.3, -0.25) is 19.5 Å². The summed E-state index contributed by atoms with van der Waals surface area (Å²) < 4.78 is 5.22. The zero-order valence-electron chi connectivity index (χ0n) is 16.8. The molecule has 2 amide bonds. The number of carbonyl (C=O) groups is 2. The van der Waals surface area contributed by atoms with Gasteiger partial charge in [-0.15, -0.1) is 0 Å². The van der Waals surface area contributed by atoms with Crippen LogP contribution in [0.4, 0.5) is 5.69 Å². The van der Waals surface area contributed by atoms with E-state index in [4.69, 9.17) is 4.74 Å². The van der Waals surface area contributed by atoms with E-state index in [-0.39, 0.29) is 11.8 Å². The third-order valence-corrected chi connectivity index (χ3v) is 6.18. The molecular formula is C23H27N3O3. The summed E-state index contributed by atoms with van der Waals surface area (Å²) in [6.45, 7) is 0.507. The molecular weight excluding hydrogens is 366 g/mol. The van der Waals surface area contributed by atoms with Crippen molar-refractivity contribution < 1.29 is 14.3 Å². The fraction of sp³-hybridized carbons (Fsp3) is 0.435. The Hall–Kier alpha value is -2.89.